The highest BCUT2D eigenvalue weighted by Gasteiger charge is 2.23. The van der Waals surface area contributed by atoms with Crippen LogP contribution in [0.5, 0.6) is 0 Å². The molecule has 0 saturated carbocycles. The zero-order valence-corrected chi connectivity index (χ0v) is 14.5. The van der Waals surface area contributed by atoms with E-state index in [4.69, 9.17) is 4.98 Å². The minimum atomic E-state index is -0.259. The Hall–Kier alpha value is -2.44. The van der Waals surface area contributed by atoms with E-state index in [2.05, 4.69) is 19.8 Å². The molecule has 4 heterocycles. The molecule has 2 aliphatic heterocycles. The molecule has 0 aromatic carbocycles. The number of rotatable bonds is 3. The highest BCUT2D eigenvalue weighted by molar-refractivity contribution is 5.49. The summed E-state index contributed by atoms with van der Waals surface area (Å²) in [7, 11) is 0. The van der Waals surface area contributed by atoms with Crippen molar-refractivity contribution in [1.29, 1.82) is 0 Å². The minimum absolute atomic E-state index is 0.259. The Morgan fingerprint density at radius 3 is 2.36 bits per heavy atom. The summed E-state index contributed by atoms with van der Waals surface area (Å²) in [6.07, 6.45) is 4.06. The SMILES string of the molecule is Cc1cc(N2CCN(c3ncccc3F)CC2)nc(N2CCCC2)n1. The summed E-state index contributed by atoms with van der Waals surface area (Å²) in [5, 5.41) is 0. The van der Waals surface area contributed by atoms with Gasteiger partial charge in [-0.05, 0) is 31.9 Å². The van der Waals surface area contributed by atoms with Crippen LogP contribution in [-0.4, -0.2) is 54.2 Å². The normalized spacial score (nSPS) is 18.1. The summed E-state index contributed by atoms with van der Waals surface area (Å²) in [5.41, 5.74) is 0.991. The van der Waals surface area contributed by atoms with Crippen LogP contribution in [0, 0.1) is 12.7 Å². The van der Waals surface area contributed by atoms with E-state index in [-0.39, 0.29) is 5.82 Å². The van der Waals surface area contributed by atoms with Crippen molar-refractivity contribution in [1.82, 2.24) is 15.0 Å². The molecule has 6 nitrogen and oxygen atoms in total. The predicted octanol–water partition coefficient (Wildman–Crippen LogP) is 2.25. The van der Waals surface area contributed by atoms with Crippen molar-refractivity contribution >= 4 is 17.6 Å². The van der Waals surface area contributed by atoms with Crippen LogP contribution >= 0.6 is 0 Å². The molecule has 2 aliphatic rings. The van der Waals surface area contributed by atoms with Gasteiger partial charge in [-0.15, -0.1) is 0 Å². The van der Waals surface area contributed by atoms with Gasteiger partial charge in [-0.1, -0.05) is 0 Å². The molecule has 0 unspecified atom stereocenters. The zero-order valence-electron chi connectivity index (χ0n) is 14.5. The van der Waals surface area contributed by atoms with E-state index in [1.54, 1.807) is 12.3 Å². The standard InChI is InChI=1S/C18H23FN6/c1-14-13-16(22-18(21-14)25-7-2-3-8-25)23-9-11-24(12-10-23)17-15(19)5-4-6-20-17/h4-6,13H,2-3,7-12H2,1H3. The molecule has 2 aromatic rings. The predicted molar refractivity (Wildman–Crippen MR) is 96.8 cm³/mol. The third-order valence-corrected chi connectivity index (χ3v) is 4.86. The van der Waals surface area contributed by atoms with E-state index in [0.29, 0.717) is 5.82 Å². The molecule has 4 rings (SSSR count). The maximum Gasteiger partial charge on any atom is 0.227 e. The van der Waals surface area contributed by atoms with Crippen molar-refractivity contribution in [2.75, 3.05) is 54.0 Å². The van der Waals surface area contributed by atoms with Crippen LogP contribution in [0.4, 0.5) is 22.0 Å². The average Bonchev–Trinajstić information content (AvgIpc) is 3.17. The Bertz CT molecular complexity index is 738. The first kappa shape index (κ1) is 16.1. The molecule has 0 spiro atoms. The van der Waals surface area contributed by atoms with Crippen molar-refractivity contribution in [2.24, 2.45) is 0 Å². The lowest BCUT2D eigenvalue weighted by Crippen LogP contribution is -2.47. The second-order valence-electron chi connectivity index (χ2n) is 6.64. The van der Waals surface area contributed by atoms with Crippen LogP contribution < -0.4 is 14.7 Å². The van der Waals surface area contributed by atoms with Gasteiger partial charge in [0.05, 0.1) is 0 Å². The summed E-state index contributed by atoms with van der Waals surface area (Å²) in [5.74, 6) is 1.99. The molecule has 0 amide bonds. The fourth-order valence-corrected chi connectivity index (χ4v) is 3.51. The van der Waals surface area contributed by atoms with E-state index >= 15 is 0 Å². The second-order valence-corrected chi connectivity index (χ2v) is 6.64. The average molecular weight is 342 g/mol. The molecular formula is C18H23FN6. The minimum Gasteiger partial charge on any atom is -0.353 e. The highest BCUT2D eigenvalue weighted by Crippen LogP contribution is 2.23. The molecule has 2 saturated heterocycles. The van der Waals surface area contributed by atoms with Crippen molar-refractivity contribution < 1.29 is 4.39 Å². The Morgan fingerprint density at radius 2 is 1.64 bits per heavy atom. The first-order valence-corrected chi connectivity index (χ1v) is 8.92. The summed E-state index contributed by atoms with van der Waals surface area (Å²) in [4.78, 5) is 20.1. The van der Waals surface area contributed by atoms with Gasteiger partial charge in [-0.25, -0.2) is 14.4 Å². The molecule has 2 fully saturated rings. The van der Waals surface area contributed by atoms with Crippen LogP contribution in [0.3, 0.4) is 0 Å². The van der Waals surface area contributed by atoms with Crippen LogP contribution in [0.2, 0.25) is 0 Å². The molecule has 132 valence electrons. The van der Waals surface area contributed by atoms with Crippen molar-refractivity contribution in [3.8, 4) is 0 Å². The lowest BCUT2D eigenvalue weighted by molar-refractivity contribution is 0.586. The first-order valence-electron chi connectivity index (χ1n) is 8.92. The maximum atomic E-state index is 13.9. The van der Waals surface area contributed by atoms with E-state index in [1.807, 2.05) is 17.9 Å². The van der Waals surface area contributed by atoms with Crippen LogP contribution in [0.25, 0.3) is 0 Å². The van der Waals surface area contributed by atoms with E-state index in [1.165, 1.54) is 18.9 Å². The highest BCUT2D eigenvalue weighted by atomic mass is 19.1. The number of aryl methyl sites for hydroxylation is 1. The third-order valence-electron chi connectivity index (χ3n) is 4.86. The molecule has 2 aromatic heterocycles. The summed E-state index contributed by atoms with van der Waals surface area (Å²) in [6, 6.07) is 5.13. The second kappa shape index (κ2) is 6.82. The summed E-state index contributed by atoms with van der Waals surface area (Å²) in [6.45, 7) is 7.15. The van der Waals surface area contributed by atoms with E-state index in [9.17, 15) is 4.39 Å². The Labute approximate surface area is 147 Å². The van der Waals surface area contributed by atoms with Gasteiger partial charge < -0.3 is 14.7 Å². The molecule has 0 atom stereocenters. The molecule has 0 aliphatic carbocycles. The van der Waals surface area contributed by atoms with E-state index in [0.717, 1.165) is 56.7 Å². The molecule has 7 heteroatoms. The molecule has 0 N–H and O–H groups in total. The molecule has 0 bridgehead atoms. The van der Waals surface area contributed by atoms with Gasteiger partial charge >= 0.3 is 0 Å². The van der Waals surface area contributed by atoms with Crippen molar-refractivity contribution in [2.45, 2.75) is 19.8 Å². The smallest absolute Gasteiger partial charge is 0.227 e. The van der Waals surface area contributed by atoms with Crippen molar-refractivity contribution in [3.63, 3.8) is 0 Å². The number of pyridine rings is 1. The van der Waals surface area contributed by atoms with Gasteiger partial charge in [0, 0.05) is 57.2 Å². The number of aromatic nitrogens is 3. The summed E-state index contributed by atoms with van der Waals surface area (Å²) >= 11 is 0. The van der Waals surface area contributed by atoms with E-state index < -0.39 is 0 Å². The lowest BCUT2D eigenvalue weighted by atomic mass is 10.3. The van der Waals surface area contributed by atoms with Gasteiger partial charge in [0.15, 0.2) is 11.6 Å². The molecule has 0 radical (unpaired) electrons. The van der Waals surface area contributed by atoms with Crippen LogP contribution in [0.1, 0.15) is 18.5 Å². The molecular weight excluding hydrogens is 319 g/mol. The fraction of sp³-hybridized carbons (Fsp3) is 0.500. The Morgan fingerprint density at radius 1 is 0.920 bits per heavy atom. The largest absolute Gasteiger partial charge is 0.353 e. The van der Waals surface area contributed by atoms with Gasteiger partial charge in [0.2, 0.25) is 5.95 Å². The number of hydrogen-bond donors (Lipinski definition) is 0. The van der Waals surface area contributed by atoms with Crippen molar-refractivity contribution in [3.05, 3.63) is 35.9 Å². The zero-order chi connectivity index (χ0) is 17.2. The maximum absolute atomic E-state index is 13.9. The number of anilines is 3. The van der Waals surface area contributed by atoms with Gasteiger partial charge in [0.1, 0.15) is 5.82 Å². The van der Waals surface area contributed by atoms with Gasteiger partial charge in [-0.2, -0.15) is 4.98 Å². The van der Waals surface area contributed by atoms with Crippen LogP contribution in [-0.2, 0) is 0 Å². The number of hydrogen-bond acceptors (Lipinski definition) is 6. The lowest BCUT2D eigenvalue weighted by Gasteiger charge is -2.36. The van der Waals surface area contributed by atoms with Gasteiger partial charge in [-0.3, -0.25) is 0 Å². The van der Waals surface area contributed by atoms with Crippen LogP contribution in [0.15, 0.2) is 24.4 Å². The Kier molecular flexibility index (Phi) is 4.38. The fourth-order valence-electron chi connectivity index (χ4n) is 3.51. The Balaban J connectivity index is 1.48. The first-order chi connectivity index (χ1) is 12.2. The third kappa shape index (κ3) is 3.36. The molecule has 25 heavy (non-hydrogen) atoms. The number of nitrogens with zero attached hydrogens (tertiary/aromatic N) is 6. The topological polar surface area (TPSA) is 48.4 Å². The number of halogens is 1. The monoisotopic (exact) mass is 342 g/mol. The quantitative estimate of drug-likeness (QED) is 0.853. The van der Waals surface area contributed by atoms with Gasteiger partial charge in [0.25, 0.3) is 0 Å². The number of piperazine rings is 1. The summed E-state index contributed by atoms with van der Waals surface area (Å²) < 4.78 is 13.9.